The molecule has 0 bridgehead atoms. The van der Waals surface area contributed by atoms with E-state index in [9.17, 15) is 31.1 Å². The summed E-state index contributed by atoms with van der Waals surface area (Å²) in [4.78, 5) is 12.5. The molecule has 1 N–H and O–H groups in total. The first kappa shape index (κ1) is 19.8. The van der Waals surface area contributed by atoms with Crippen molar-refractivity contribution in [2.45, 2.75) is 31.5 Å². The fourth-order valence-electron chi connectivity index (χ4n) is 3.10. The van der Waals surface area contributed by atoms with Crippen molar-refractivity contribution in [1.82, 2.24) is 0 Å². The molecule has 2 aromatic carbocycles. The molecule has 3 rings (SSSR count). The van der Waals surface area contributed by atoms with Crippen molar-refractivity contribution in [2.24, 2.45) is 0 Å². The van der Waals surface area contributed by atoms with Gasteiger partial charge in [0.1, 0.15) is 11.5 Å². The van der Waals surface area contributed by atoms with Crippen LogP contribution in [0.3, 0.4) is 0 Å². The molecular weight excluding hydrogens is 392 g/mol. The zero-order valence-corrected chi connectivity index (χ0v) is 14.2. The SMILES string of the molecule is CC1(Cc2ccccc2OC(F)(F)F)C(=O)Nc2ccc(OC(F)(F)F)cc21. The minimum Gasteiger partial charge on any atom is -0.406 e. The van der Waals surface area contributed by atoms with E-state index in [0.29, 0.717) is 0 Å². The summed E-state index contributed by atoms with van der Waals surface area (Å²) in [5, 5.41) is 2.53. The third-order valence-electron chi connectivity index (χ3n) is 4.31. The van der Waals surface area contributed by atoms with E-state index >= 15 is 0 Å². The predicted octanol–water partition coefficient (Wildman–Crippen LogP) is 4.94. The van der Waals surface area contributed by atoms with Gasteiger partial charge in [0.2, 0.25) is 5.91 Å². The number of ether oxygens (including phenoxy) is 2. The molecule has 4 nitrogen and oxygen atoms in total. The Morgan fingerprint density at radius 2 is 1.61 bits per heavy atom. The van der Waals surface area contributed by atoms with Gasteiger partial charge in [0, 0.05) is 5.69 Å². The van der Waals surface area contributed by atoms with Crippen molar-refractivity contribution in [3.8, 4) is 11.5 Å². The van der Waals surface area contributed by atoms with Crippen LogP contribution in [0.15, 0.2) is 42.5 Å². The summed E-state index contributed by atoms with van der Waals surface area (Å²) in [6, 6.07) is 8.60. The Labute approximate surface area is 155 Å². The van der Waals surface area contributed by atoms with Gasteiger partial charge in [-0.15, -0.1) is 26.3 Å². The maximum atomic E-state index is 12.6. The van der Waals surface area contributed by atoms with Crippen molar-refractivity contribution >= 4 is 11.6 Å². The lowest BCUT2D eigenvalue weighted by Crippen LogP contribution is -2.33. The Morgan fingerprint density at radius 1 is 0.964 bits per heavy atom. The number of halogens is 6. The highest BCUT2D eigenvalue weighted by molar-refractivity contribution is 6.06. The summed E-state index contributed by atoms with van der Waals surface area (Å²) in [5.74, 6) is -1.58. The van der Waals surface area contributed by atoms with Crippen LogP contribution in [-0.4, -0.2) is 18.6 Å². The number of hydrogen-bond acceptors (Lipinski definition) is 3. The van der Waals surface area contributed by atoms with Crippen LogP contribution in [-0.2, 0) is 16.6 Å². The number of benzene rings is 2. The smallest absolute Gasteiger partial charge is 0.406 e. The van der Waals surface area contributed by atoms with Gasteiger partial charge in [-0.25, -0.2) is 0 Å². The Bertz CT molecular complexity index is 909. The van der Waals surface area contributed by atoms with Gasteiger partial charge in [0.05, 0.1) is 5.41 Å². The van der Waals surface area contributed by atoms with Crippen LogP contribution >= 0.6 is 0 Å². The van der Waals surface area contributed by atoms with Crippen molar-refractivity contribution in [3.05, 3.63) is 53.6 Å². The lowest BCUT2D eigenvalue weighted by Gasteiger charge is -2.24. The standard InChI is InChI=1S/C18H13F6NO3/c1-16(9-10-4-2-3-5-14(10)28-18(22,23)24)12-8-11(27-17(19,20)21)6-7-13(12)25-15(16)26/h2-8H,9H2,1H3,(H,25,26). The summed E-state index contributed by atoms with van der Waals surface area (Å²) < 4.78 is 83.3. The molecular formula is C18H13F6NO3. The largest absolute Gasteiger partial charge is 0.573 e. The number of rotatable bonds is 4. The molecule has 28 heavy (non-hydrogen) atoms. The average Bonchev–Trinajstić information content (AvgIpc) is 2.78. The van der Waals surface area contributed by atoms with Gasteiger partial charge in [-0.1, -0.05) is 18.2 Å². The first-order chi connectivity index (χ1) is 12.9. The number of para-hydroxylation sites is 1. The van der Waals surface area contributed by atoms with Gasteiger partial charge in [0.15, 0.2) is 0 Å². The number of carbonyl (C=O) groups is 1. The second-order valence-electron chi connectivity index (χ2n) is 6.37. The van der Waals surface area contributed by atoms with Gasteiger partial charge in [-0.2, -0.15) is 0 Å². The van der Waals surface area contributed by atoms with E-state index in [4.69, 9.17) is 0 Å². The highest BCUT2D eigenvalue weighted by Crippen LogP contribution is 2.43. The molecule has 1 aliphatic heterocycles. The van der Waals surface area contributed by atoms with Crippen LogP contribution in [0.25, 0.3) is 0 Å². The monoisotopic (exact) mass is 405 g/mol. The summed E-state index contributed by atoms with van der Waals surface area (Å²) in [6.45, 7) is 1.43. The van der Waals surface area contributed by atoms with Gasteiger partial charge < -0.3 is 14.8 Å². The number of anilines is 1. The molecule has 1 heterocycles. The van der Waals surface area contributed by atoms with E-state index in [1.165, 1.54) is 31.2 Å². The minimum atomic E-state index is -4.93. The molecule has 0 aromatic heterocycles. The third kappa shape index (κ3) is 4.15. The average molecular weight is 405 g/mol. The first-order valence-corrected chi connectivity index (χ1v) is 7.93. The quantitative estimate of drug-likeness (QED) is 0.734. The highest BCUT2D eigenvalue weighted by Gasteiger charge is 2.44. The number of fused-ring (bicyclic) bond motifs is 1. The van der Waals surface area contributed by atoms with Crippen LogP contribution < -0.4 is 14.8 Å². The molecule has 1 unspecified atom stereocenters. The zero-order chi connectivity index (χ0) is 20.7. The van der Waals surface area contributed by atoms with E-state index in [1.807, 2.05) is 0 Å². The summed E-state index contributed by atoms with van der Waals surface area (Å²) in [7, 11) is 0. The molecule has 0 spiro atoms. The topological polar surface area (TPSA) is 47.6 Å². The Balaban J connectivity index is 1.98. The molecule has 10 heteroatoms. The van der Waals surface area contributed by atoms with Crippen LogP contribution in [0.1, 0.15) is 18.1 Å². The molecule has 150 valence electrons. The van der Waals surface area contributed by atoms with E-state index in [2.05, 4.69) is 14.8 Å². The minimum absolute atomic E-state index is 0.0764. The van der Waals surface area contributed by atoms with Crippen molar-refractivity contribution in [2.75, 3.05) is 5.32 Å². The second-order valence-corrected chi connectivity index (χ2v) is 6.37. The lowest BCUT2D eigenvalue weighted by atomic mass is 9.78. The van der Waals surface area contributed by atoms with E-state index in [0.717, 1.165) is 18.2 Å². The highest BCUT2D eigenvalue weighted by atomic mass is 19.4. The first-order valence-electron chi connectivity index (χ1n) is 7.93. The number of nitrogens with one attached hydrogen (secondary N) is 1. The Morgan fingerprint density at radius 3 is 2.25 bits per heavy atom. The molecule has 0 aliphatic carbocycles. The van der Waals surface area contributed by atoms with Crippen LogP contribution in [0.2, 0.25) is 0 Å². The molecule has 1 amide bonds. The number of amides is 1. The molecule has 2 aromatic rings. The maximum Gasteiger partial charge on any atom is 0.573 e. The molecule has 0 saturated heterocycles. The molecule has 0 saturated carbocycles. The normalized spacial score (nSPS) is 19.2. The van der Waals surface area contributed by atoms with Crippen molar-refractivity contribution < 1.29 is 40.6 Å². The molecule has 1 aliphatic rings. The molecule has 1 atom stereocenters. The Kier molecular flexibility index (Phi) is 4.68. The summed E-state index contributed by atoms with van der Waals surface area (Å²) >= 11 is 0. The van der Waals surface area contributed by atoms with Crippen LogP contribution in [0, 0.1) is 0 Å². The van der Waals surface area contributed by atoms with Gasteiger partial charge >= 0.3 is 12.7 Å². The zero-order valence-electron chi connectivity index (χ0n) is 14.2. The molecule has 0 radical (unpaired) electrons. The van der Waals surface area contributed by atoms with E-state index in [-0.39, 0.29) is 23.2 Å². The summed E-state index contributed by atoms with van der Waals surface area (Å²) in [6.07, 6.45) is -10.1. The maximum absolute atomic E-state index is 12.6. The third-order valence-corrected chi connectivity index (χ3v) is 4.31. The number of alkyl halides is 6. The summed E-state index contributed by atoms with van der Waals surface area (Å²) in [5.41, 5.74) is -0.907. The second kappa shape index (κ2) is 6.61. The Hall–Kier alpha value is -2.91. The van der Waals surface area contributed by atoms with E-state index < -0.39 is 35.5 Å². The van der Waals surface area contributed by atoms with Crippen molar-refractivity contribution in [3.63, 3.8) is 0 Å². The van der Waals surface area contributed by atoms with Crippen molar-refractivity contribution in [1.29, 1.82) is 0 Å². The van der Waals surface area contributed by atoms with Gasteiger partial charge in [0.25, 0.3) is 0 Å². The predicted molar refractivity (Wildman–Crippen MR) is 85.9 cm³/mol. The fraction of sp³-hybridized carbons (Fsp3) is 0.278. The molecule has 0 fully saturated rings. The van der Waals surface area contributed by atoms with Gasteiger partial charge in [-0.05, 0) is 48.7 Å². The van der Waals surface area contributed by atoms with Crippen LogP contribution in [0.5, 0.6) is 11.5 Å². The number of carbonyl (C=O) groups excluding carboxylic acids is 1. The number of hydrogen-bond donors (Lipinski definition) is 1. The van der Waals surface area contributed by atoms with Gasteiger partial charge in [-0.3, -0.25) is 4.79 Å². The van der Waals surface area contributed by atoms with E-state index in [1.54, 1.807) is 0 Å². The van der Waals surface area contributed by atoms with Crippen LogP contribution in [0.4, 0.5) is 32.0 Å². The fourth-order valence-corrected chi connectivity index (χ4v) is 3.10. The lowest BCUT2D eigenvalue weighted by molar-refractivity contribution is -0.275.